The number of nitrogens with zero attached hydrogens (tertiary/aromatic N) is 2. The molecule has 7 nitrogen and oxygen atoms in total. The Morgan fingerprint density at radius 3 is 2.32 bits per heavy atom. The molecule has 0 aliphatic carbocycles. The number of carbonyl (C=O) groups is 2. The maximum atomic E-state index is 12.4. The second-order valence-corrected chi connectivity index (χ2v) is 7.73. The predicted molar refractivity (Wildman–Crippen MR) is 108 cm³/mol. The van der Waals surface area contributed by atoms with Gasteiger partial charge in [-0.2, -0.15) is 0 Å². The first-order valence-electron chi connectivity index (χ1n) is 8.61. The molecular formula is C20H20N4O3S. The Kier molecular flexibility index (Phi) is 5.79. The van der Waals surface area contributed by atoms with Crippen LogP contribution in [0.15, 0.2) is 52.1 Å². The number of thioether (sulfide) groups is 1. The number of rotatable bonds is 6. The van der Waals surface area contributed by atoms with E-state index in [1.165, 1.54) is 11.8 Å². The van der Waals surface area contributed by atoms with Gasteiger partial charge in [-0.05, 0) is 57.2 Å². The molecule has 1 aromatic heterocycles. The van der Waals surface area contributed by atoms with Gasteiger partial charge in [0.1, 0.15) is 0 Å². The highest BCUT2D eigenvalue weighted by Crippen LogP contribution is 2.27. The van der Waals surface area contributed by atoms with Gasteiger partial charge in [0.25, 0.3) is 5.22 Å². The summed E-state index contributed by atoms with van der Waals surface area (Å²) < 4.78 is 5.70. The summed E-state index contributed by atoms with van der Waals surface area (Å²) in [5.74, 6) is -0.315. The van der Waals surface area contributed by atoms with E-state index in [1.807, 2.05) is 26.0 Å². The Hall–Kier alpha value is -3.13. The third-order valence-electron chi connectivity index (χ3n) is 3.96. The molecule has 1 unspecified atom stereocenters. The number of nitrogens with two attached hydrogens (primary N) is 1. The van der Waals surface area contributed by atoms with Crippen molar-refractivity contribution in [1.29, 1.82) is 0 Å². The zero-order valence-corrected chi connectivity index (χ0v) is 16.5. The number of benzene rings is 2. The van der Waals surface area contributed by atoms with Gasteiger partial charge in [-0.25, -0.2) is 0 Å². The summed E-state index contributed by atoms with van der Waals surface area (Å²) in [6.45, 7) is 5.76. The van der Waals surface area contributed by atoms with Crippen LogP contribution < -0.4 is 11.1 Å². The first kappa shape index (κ1) is 19.6. The van der Waals surface area contributed by atoms with E-state index < -0.39 is 11.2 Å². The van der Waals surface area contributed by atoms with Crippen molar-refractivity contribution in [2.75, 3.05) is 5.32 Å². The van der Waals surface area contributed by atoms with Gasteiger partial charge >= 0.3 is 0 Å². The summed E-state index contributed by atoms with van der Waals surface area (Å²) in [5, 5.41) is 10.8. The highest BCUT2D eigenvalue weighted by molar-refractivity contribution is 8.00. The third-order valence-corrected chi connectivity index (χ3v) is 4.89. The number of anilines is 1. The number of aryl methyl sites for hydroxylation is 2. The standard InChI is InChI=1S/C20H20N4O3S/c1-11-8-12(2)10-15(9-11)19-23-24-20(27-19)28-13(3)18(26)22-16-6-4-14(5-7-16)17(21)25/h4-10,13H,1-3H3,(H2,21,25)(H,22,26). The molecule has 28 heavy (non-hydrogen) atoms. The molecule has 0 fully saturated rings. The van der Waals surface area contributed by atoms with Crippen molar-refractivity contribution in [1.82, 2.24) is 10.2 Å². The van der Waals surface area contributed by atoms with Gasteiger partial charge in [-0.1, -0.05) is 29.0 Å². The highest BCUT2D eigenvalue weighted by atomic mass is 32.2. The first-order chi connectivity index (χ1) is 13.3. The molecule has 0 aliphatic heterocycles. The summed E-state index contributed by atoms with van der Waals surface area (Å²) in [6, 6.07) is 12.4. The van der Waals surface area contributed by atoms with E-state index >= 15 is 0 Å². The Labute approximate surface area is 166 Å². The molecule has 0 radical (unpaired) electrons. The van der Waals surface area contributed by atoms with Gasteiger partial charge in [-0.3, -0.25) is 9.59 Å². The van der Waals surface area contributed by atoms with Gasteiger partial charge in [0.15, 0.2) is 0 Å². The Morgan fingerprint density at radius 2 is 1.71 bits per heavy atom. The fourth-order valence-electron chi connectivity index (χ4n) is 2.64. The zero-order chi connectivity index (χ0) is 20.3. The number of aromatic nitrogens is 2. The number of carbonyl (C=O) groups excluding carboxylic acids is 2. The molecule has 1 atom stereocenters. The smallest absolute Gasteiger partial charge is 0.277 e. The minimum atomic E-state index is -0.516. The highest BCUT2D eigenvalue weighted by Gasteiger charge is 2.19. The van der Waals surface area contributed by atoms with Crippen LogP contribution in [0.2, 0.25) is 0 Å². The fraction of sp³-hybridized carbons (Fsp3) is 0.200. The molecule has 2 amide bonds. The van der Waals surface area contributed by atoms with Gasteiger partial charge in [0.2, 0.25) is 17.7 Å². The SMILES string of the molecule is Cc1cc(C)cc(-c2nnc(SC(C)C(=O)Nc3ccc(C(N)=O)cc3)o2)c1. The zero-order valence-electron chi connectivity index (χ0n) is 15.7. The van der Waals surface area contributed by atoms with Gasteiger partial charge < -0.3 is 15.5 Å². The minimum Gasteiger partial charge on any atom is -0.411 e. The molecule has 8 heteroatoms. The van der Waals surface area contributed by atoms with Crippen molar-refractivity contribution < 1.29 is 14.0 Å². The summed E-state index contributed by atoms with van der Waals surface area (Å²) in [7, 11) is 0. The second kappa shape index (κ2) is 8.26. The minimum absolute atomic E-state index is 0.219. The number of primary amides is 1. The Morgan fingerprint density at radius 1 is 1.07 bits per heavy atom. The average molecular weight is 396 g/mol. The van der Waals surface area contributed by atoms with E-state index in [4.69, 9.17) is 10.2 Å². The van der Waals surface area contributed by atoms with E-state index in [0.29, 0.717) is 22.4 Å². The monoisotopic (exact) mass is 396 g/mol. The van der Waals surface area contributed by atoms with Crippen molar-refractivity contribution in [3.05, 3.63) is 59.2 Å². The molecule has 0 spiro atoms. The maximum absolute atomic E-state index is 12.4. The largest absolute Gasteiger partial charge is 0.411 e. The van der Waals surface area contributed by atoms with Crippen molar-refractivity contribution in [3.8, 4) is 11.5 Å². The molecule has 144 valence electrons. The van der Waals surface area contributed by atoms with Crippen LogP contribution in [0.3, 0.4) is 0 Å². The van der Waals surface area contributed by atoms with Gasteiger partial charge in [-0.15, -0.1) is 10.2 Å². The molecule has 3 rings (SSSR count). The first-order valence-corrected chi connectivity index (χ1v) is 9.49. The lowest BCUT2D eigenvalue weighted by Gasteiger charge is -2.10. The van der Waals surface area contributed by atoms with Crippen LogP contribution in [0.1, 0.15) is 28.4 Å². The van der Waals surface area contributed by atoms with Crippen molar-refractivity contribution in [2.24, 2.45) is 5.73 Å². The molecule has 0 aliphatic rings. The van der Waals surface area contributed by atoms with Crippen LogP contribution in [-0.2, 0) is 4.79 Å². The lowest BCUT2D eigenvalue weighted by atomic mass is 10.1. The molecule has 0 saturated heterocycles. The number of nitrogens with one attached hydrogen (secondary N) is 1. The topological polar surface area (TPSA) is 111 Å². The van der Waals surface area contributed by atoms with Crippen LogP contribution in [0, 0.1) is 13.8 Å². The van der Waals surface area contributed by atoms with E-state index in [1.54, 1.807) is 31.2 Å². The summed E-state index contributed by atoms with van der Waals surface area (Å²) in [6.07, 6.45) is 0. The number of amides is 2. The molecule has 3 N–H and O–H groups in total. The van der Waals surface area contributed by atoms with Gasteiger partial charge in [0, 0.05) is 16.8 Å². The molecule has 1 heterocycles. The summed E-state index contributed by atoms with van der Waals surface area (Å²) >= 11 is 1.18. The number of hydrogen-bond acceptors (Lipinski definition) is 6. The van der Waals surface area contributed by atoms with Crippen LogP contribution in [0.4, 0.5) is 5.69 Å². The second-order valence-electron chi connectivity index (χ2n) is 6.44. The third kappa shape index (κ3) is 4.77. The fourth-order valence-corrected chi connectivity index (χ4v) is 3.32. The van der Waals surface area contributed by atoms with E-state index in [9.17, 15) is 9.59 Å². The maximum Gasteiger partial charge on any atom is 0.277 e. The van der Waals surface area contributed by atoms with Gasteiger partial charge in [0.05, 0.1) is 5.25 Å². The summed E-state index contributed by atoms with van der Waals surface area (Å²) in [4.78, 5) is 23.5. The van der Waals surface area contributed by atoms with Crippen LogP contribution in [0.25, 0.3) is 11.5 Å². The molecular weight excluding hydrogens is 376 g/mol. The van der Waals surface area contributed by atoms with Crippen LogP contribution in [0.5, 0.6) is 0 Å². The normalized spacial score (nSPS) is 11.8. The lowest BCUT2D eigenvalue weighted by Crippen LogP contribution is -2.22. The molecule has 0 saturated carbocycles. The lowest BCUT2D eigenvalue weighted by molar-refractivity contribution is -0.115. The molecule has 3 aromatic rings. The van der Waals surface area contributed by atoms with Crippen molar-refractivity contribution in [3.63, 3.8) is 0 Å². The van der Waals surface area contributed by atoms with Crippen LogP contribution >= 0.6 is 11.8 Å². The average Bonchev–Trinajstić information content (AvgIpc) is 3.10. The van der Waals surface area contributed by atoms with Crippen LogP contribution in [-0.4, -0.2) is 27.3 Å². The van der Waals surface area contributed by atoms with Crippen molar-refractivity contribution in [2.45, 2.75) is 31.2 Å². The Balaban J connectivity index is 1.64. The Bertz CT molecular complexity index is 994. The van der Waals surface area contributed by atoms with E-state index in [-0.39, 0.29) is 5.91 Å². The van der Waals surface area contributed by atoms with E-state index in [2.05, 4.69) is 21.6 Å². The van der Waals surface area contributed by atoms with Crippen molar-refractivity contribution >= 4 is 29.3 Å². The van der Waals surface area contributed by atoms with E-state index in [0.717, 1.165) is 16.7 Å². The summed E-state index contributed by atoms with van der Waals surface area (Å²) in [5.41, 5.74) is 9.23. The number of hydrogen-bond donors (Lipinski definition) is 2. The quantitative estimate of drug-likeness (QED) is 0.616. The predicted octanol–water partition coefficient (Wildman–Crippen LogP) is 3.57. The molecule has 2 aromatic carbocycles. The molecule has 0 bridgehead atoms.